The molecule has 1 rings (SSSR count). The van der Waals surface area contributed by atoms with Crippen LogP contribution in [-0.2, 0) is 4.79 Å². The number of benzene rings is 1. The quantitative estimate of drug-likeness (QED) is 0.786. The van der Waals surface area contributed by atoms with Gasteiger partial charge in [-0.2, -0.15) is 0 Å². The standard InChI is InChI=1S/C10H11Cl2NO2/c11-7-3-4-8(12)9(6-7)13-5-1-2-10(14)15/h3-4,6,13H,1-2,5H2,(H,14,15). The number of aliphatic carboxylic acids is 1. The highest BCUT2D eigenvalue weighted by atomic mass is 35.5. The molecule has 0 aliphatic carbocycles. The predicted molar refractivity (Wildman–Crippen MR) is 61.8 cm³/mol. The summed E-state index contributed by atoms with van der Waals surface area (Å²) in [6.07, 6.45) is 0.698. The van der Waals surface area contributed by atoms with Crippen molar-refractivity contribution in [3.8, 4) is 0 Å². The van der Waals surface area contributed by atoms with Crippen LogP contribution in [0.5, 0.6) is 0 Å². The van der Waals surface area contributed by atoms with Crippen molar-refractivity contribution in [3.05, 3.63) is 28.2 Å². The predicted octanol–water partition coefficient (Wildman–Crippen LogP) is 3.27. The second-order valence-electron chi connectivity index (χ2n) is 3.05. The Morgan fingerprint density at radius 3 is 2.80 bits per heavy atom. The van der Waals surface area contributed by atoms with E-state index in [9.17, 15) is 4.79 Å². The first-order chi connectivity index (χ1) is 7.09. The minimum atomic E-state index is -0.797. The summed E-state index contributed by atoms with van der Waals surface area (Å²) in [6.45, 7) is 0.562. The maximum Gasteiger partial charge on any atom is 0.303 e. The highest BCUT2D eigenvalue weighted by molar-refractivity contribution is 6.35. The zero-order valence-corrected chi connectivity index (χ0v) is 9.48. The fraction of sp³-hybridized carbons (Fsp3) is 0.300. The molecule has 0 radical (unpaired) electrons. The molecule has 0 bridgehead atoms. The number of rotatable bonds is 5. The lowest BCUT2D eigenvalue weighted by atomic mass is 10.3. The molecule has 5 heteroatoms. The van der Waals surface area contributed by atoms with Crippen molar-refractivity contribution in [1.82, 2.24) is 0 Å². The third-order valence-electron chi connectivity index (χ3n) is 1.81. The van der Waals surface area contributed by atoms with Crippen LogP contribution in [0.25, 0.3) is 0 Å². The van der Waals surface area contributed by atoms with E-state index in [4.69, 9.17) is 28.3 Å². The van der Waals surface area contributed by atoms with Crippen LogP contribution < -0.4 is 5.32 Å². The lowest BCUT2D eigenvalue weighted by Crippen LogP contribution is -2.05. The molecule has 3 nitrogen and oxygen atoms in total. The zero-order chi connectivity index (χ0) is 11.3. The fourth-order valence-electron chi connectivity index (χ4n) is 1.10. The lowest BCUT2D eigenvalue weighted by Gasteiger charge is -2.07. The van der Waals surface area contributed by atoms with Crippen molar-refractivity contribution in [1.29, 1.82) is 0 Å². The number of anilines is 1. The molecule has 0 atom stereocenters. The Morgan fingerprint density at radius 2 is 2.13 bits per heavy atom. The topological polar surface area (TPSA) is 49.3 Å². The largest absolute Gasteiger partial charge is 0.481 e. The van der Waals surface area contributed by atoms with Crippen LogP contribution >= 0.6 is 23.2 Å². The van der Waals surface area contributed by atoms with Gasteiger partial charge in [0.15, 0.2) is 0 Å². The van der Waals surface area contributed by atoms with Crippen LogP contribution in [-0.4, -0.2) is 17.6 Å². The van der Waals surface area contributed by atoms with Gasteiger partial charge in [-0.25, -0.2) is 0 Å². The van der Waals surface area contributed by atoms with Crippen LogP contribution in [0.1, 0.15) is 12.8 Å². The molecule has 0 amide bonds. The molecule has 1 aromatic rings. The van der Waals surface area contributed by atoms with E-state index < -0.39 is 5.97 Å². The maximum atomic E-state index is 10.3. The van der Waals surface area contributed by atoms with Gasteiger partial charge in [0.2, 0.25) is 0 Å². The first-order valence-electron chi connectivity index (χ1n) is 4.50. The van der Waals surface area contributed by atoms with Crippen LogP contribution in [0.4, 0.5) is 5.69 Å². The maximum absolute atomic E-state index is 10.3. The summed E-state index contributed by atoms with van der Waals surface area (Å²) >= 11 is 11.7. The van der Waals surface area contributed by atoms with Crippen molar-refractivity contribution < 1.29 is 9.90 Å². The van der Waals surface area contributed by atoms with Gasteiger partial charge in [0.25, 0.3) is 0 Å². The van der Waals surface area contributed by atoms with E-state index in [1.165, 1.54) is 0 Å². The second-order valence-corrected chi connectivity index (χ2v) is 3.89. The molecule has 1 aromatic carbocycles. The van der Waals surface area contributed by atoms with Crippen molar-refractivity contribution >= 4 is 34.9 Å². The third-order valence-corrected chi connectivity index (χ3v) is 2.38. The zero-order valence-electron chi connectivity index (χ0n) is 7.96. The number of nitrogens with one attached hydrogen (secondary N) is 1. The average molecular weight is 248 g/mol. The molecule has 2 N–H and O–H groups in total. The first kappa shape index (κ1) is 12.1. The summed E-state index contributed by atoms with van der Waals surface area (Å²) < 4.78 is 0. The molecule has 0 fully saturated rings. The monoisotopic (exact) mass is 247 g/mol. The van der Waals surface area contributed by atoms with Crippen LogP contribution in [0.2, 0.25) is 10.0 Å². The Morgan fingerprint density at radius 1 is 1.40 bits per heavy atom. The van der Waals surface area contributed by atoms with Gasteiger partial charge in [-0.3, -0.25) is 4.79 Å². The summed E-state index contributed by atoms with van der Waals surface area (Å²) in [5, 5.41) is 12.6. The van der Waals surface area contributed by atoms with Gasteiger partial charge in [0.1, 0.15) is 0 Å². The Balaban J connectivity index is 2.43. The molecule has 0 saturated carbocycles. The molecule has 0 aliphatic heterocycles. The van der Waals surface area contributed by atoms with Crippen molar-refractivity contribution in [2.45, 2.75) is 12.8 Å². The minimum absolute atomic E-state index is 0.144. The summed E-state index contributed by atoms with van der Waals surface area (Å²) in [5.74, 6) is -0.797. The number of carboxylic acid groups (broad SMARTS) is 1. The number of carboxylic acids is 1. The SMILES string of the molecule is O=C(O)CCCNc1cc(Cl)ccc1Cl. The van der Waals surface area contributed by atoms with Crippen molar-refractivity contribution in [3.63, 3.8) is 0 Å². The van der Waals surface area contributed by atoms with Gasteiger partial charge in [0, 0.05) is 18.0 Å². The summed E-state index contributed by atoms with van der Waals surface area (Å²) in [4.78, 5) is 10.3. The Hall–Kier alpha value is -0.930. The molecular formula is C10H11Cl2NO2. The van der Waals surface area contributed by atoms with Crippen molar-refractivity contribution in [2.24, 2.45) is 0 Å². The van der Waals surface area contributed by atoms with Crippen LogP contribution in [0.3, 0.4) is 0 Å². The van der Waals surface area contributed by atoms with Gasteiger partial charge in [-0.1, -0.05) is 23.2 Å². The molecule has 0 spiro atoms. The van der Waals surface area contributed by atoms with Gasteiger partial charge >= 0.3 is 5.97 Å². The Bertz CT molecular complexity index is 355. The third kappa shape index (κ3) is 4.40. The van der Waals surface area contributed by atoms with E-state index in [0.717, 1.165) is 5.69 Å². The molecule has 0 unspecified atom stereocenters. The lowest BCUT2D eigenvalue weighted by molar-refractivity contribution is -0.137. The second kappa shape index (κ2) is 5.83. The van der Waals surface area contributed by atoms with Crippen LogP contribution in [0, 0.1) is 0 Å². The van der Waals surface area contributed by atoms with Gasteiger partial charge < -0.3 is 10.4 Å². The van der Waals surface area contributed by atoms with Gasteiger partial charge in [-0.15, -0.1) is 0 Å². The Kier molecular flexibility index (Phi) is 4.72. The number of carbonyl (C=O) groups is 1. The molecule has 0 aromatic heterocycles. The average Bonchev–Trinajstić information content (AvgIpc) is 2.17. The Labute approximate surface area is 98.0 Å². The molecule has 82 valence electrons. The first-order valence-corrected chi connectivity index (χ1v) is 5.26. The minimum Gasteiger partial charge on any atom is -0.481 e. The summed E-state index contributed by atoms with van der Waals surface area (Å²) in [5.41, 5.74) is 0.731. The van der Waals surface area contributed by atoms with Crippen LogP contribution in [0.15, 0.2) is 18.2 Å². The molecule has 0 heterocycles. The molecular weight excluding hydrogens is 237 g/mol. The fourth-order valence-corrected chi connectivity index (χ4v) is 1.45. The number of hydrogen-bond acceptors (Lipinski definition) is 2. The van der Waals surface area contributed by atoms with Gasteiger partial charge in [-0.05, 0) is 24.6 Å². The van der Waals surface area contributed by atoms with E-state index in [0.29, 0.717) is 23.0 Å². The van der Waals surface area contributed by atoms with E-state index in [1.807, 2.05) is 0 Å². The summed E-state index contributed by atoms with van der Waals surface area (Å²) in [6, 6.07) is 5.11. The van der Waals surface area contributed by atoms with E-state index in [-0.39, 0.29) is 6.42 Å². The molecule has 0 saturated heterocycles. The normalized spacial score (nSPS) is 10.0. The molecule has 0 aliphatic rings. The highest BCUT2D eigenvalue weighted by Crippen LogP contribution is 2.25. The summed E-state index contributed by atoms with van der Waals surface area (Å²) in [7, 11) is 0. The highest BCUT2D eigenvalue weighted by Gasteiger charge is 2.01. The van der Waals surface area contributed by atoms with E-state index >= 15 is 0 Å². The van der Waals surface area contributed by atoms with E-state index in [1.54, 1.807) is 18.2 Å². The number of halogens is 2. The van der Waals surface area contributed by atoms with Crippen molar-refractivity contribution in [2.75, 3.05) is 11.9 Å². The van der Waals surface area contributed by atoms with Gasteiger partial charge in [0.05, 0.1) is 10.7 Å². The smallest absolute Gasteiger partial charge is 0.303 e. The number of hydrogen-bond donors (Lipinski definition) is 2. The molecule has 15 heavy (non-hydrogen) atoms. The van der Waals surface area contributed by atoms with E-state index in [2.05, 4.69) is 5.32 Å².